The second-order valence-corrected chi connectivity index (χ2v) is 4.02. The van der Waals surface area contributed by atoms with Crippen LogP contribution < -0.4 is 5.73 Å². The molecule has 0 amide bonds. The molecule has 0 aliphatic carbocycles. The molecule has 0 fully saturated rings. The molecular formula is C10H16ClNO. The van der Waals surface area contributed by atoms with E-state index in [1.165, 1.54) is 0 Å². The van der Waals surface area contributed by atoms with Gasteiger partial charge in [0.25, 0.3) is 0 Å². The first-order valence-corrected chi connectivity index (χ1v) is 4.00. The lowest BCUT2D eigenvalue weighted by Crippen LogP contribution is -2.13. The maximum absolute atomic E-state index is 9.25. The number of rotatable bonds is 0. The van der Waals surface area contributed by atoms with E-state index >= 15 is 0 Å². The predicted molar refractivity (Wildman–Crippen MR) is 58.5 cm³/mol. The number of anilines is 1. The Kier molecular flexibility index (Phi) is 3.61. The third-order valence-electron chi connectivity index (χ3n) is 1.84. The summed E-state index contributed by atoms with van der Waals surface area (Å²) in [6.45, 7) is 6.20. The van der Waals surface area contributed by atoms with Gasteiger partial charge in [-0.25, -0.2) is 0 Å². The fourth-order valence-corrected chi connectivity index (χ4v) is 1.19. The van der Waals surface area contributed by atoms with Crippen LogP contribution in [0.25, 0.3) is 0 Å². The van der Waals surface area contributed by atoms with Gasteiger partial charge in [-0.2, -0.15) is 0 Å². The van der Waals surface area contributed by atoms with Crippen LogP contribution in [-0.2, 0) is 5.41 Å². The van der Waals surface area contributed by atoms with Crippen LogP contribution in [0.2, 0.25) is 0 Å². The van der Waals surface area contributed by atoms with E-state index in [2.05, 4.69) is 20.8 Å². The monoisotopic (exact) mass is 201 g/mol. The van der Waals surface area contributed by atoms with Crippen LogP contribution in [0.3, 0.4) is 0 Å². The second-order valence-electron chi connectivity index (χ2n) is 4.02. The van der Waals surface area contributed by atoms with Crippen LogP contribution in [0.15, 0.2) is 18.2 Å². The molecule has 0 aliphatic rings. The van der Waals surface area contributed by atoms with Gasteiger partial charge in [-0.05, 0) is 29.2 Å². The van der Waals surface area contributed by atoms with Crippen LogP contribution in [0.1, 0.15) is 26.3 Å². The van der Waals surface area contributed by atoms with Crippen LogP contribution >= 0.6 is 12.4 Å². The molecule has 74 valence electrons. The average Bonchev–Trinajstić information content (AvgIpc) is 1.92. The highest BCUT2D eigenvalue weighted by Crippen LogP contribution is 2.30. The van der Waals surface area contributed by atoms with E-state index in [0.717, 1.165) is 11.3 Å². The molecule has 2 nitrogen and oxygen atoms in total. The lowest BCUT2D eigenvalue weighted by atomic mass is 9.86. The molecule has 0 saturated heterocycles. The van der Waals surface area contributed by atoms with E-state index in [1.54, 1.807) is 18.2 Å². The van der Waals surface area contributed by atoms with Crippen molar-refractivity contribution in [3.05, 3.63) is 23.8 Å². The molecule has 3 N–H and O–H groups in total. The predicted octanol–water partition coefficient (Wildman–Crippen LogP) is 2.69. The fourth-order valence-electron chi connectivity index (χ4n) is 1.19. The summed E-state index contributed by atoms with van der Waals surface area (Å²) in [6, 6.07) is 5.05. The Morgan fingerprint density at radius 1 is 1.23 bits per heavy atom. The maximum Gasteiger partial charge on any atom is 0.116 e. The molecule has 0 spiro atoms. The summed E-state index contributed by atoms with van der Waals surface area (Å²) in [5.41, 5.74) is 7.48. The van der Waals surface area contributed by atoms with E-state index in [9.17, 15) is 5.11 Å². The van der Waals surface area contributed by atoms with Crippen molar-refractivity contribution < 1.29 is 5.11 Å². The zero-order valence-corrected chi connectivity index (χ0v) is 8.98. The highest BCUT2D eigenvalue weighted by atomic mass is 35.5. The minimum Gasteiger partial charge on any atom is -0.508 e. The van der Waals surface area contributed by atoms with E-state index in [4.69, 9.17) is 5.73 Å². The van der Waals surface area contributed by atoms with Gasteiger partial charge in [-0.1, -0.05) is 20.8 Å². The quantitative estimate of drug-likeness (QED) is 0.501. The van der Waals surface area contributed by atoms with Crippen molar-refractivity contribution in [2.24, 2.45) is 0 Å². The number of benzene rings is 1. The molecule has 3 heteroatoms. The van der Waals surface area contributed by atoms with Crippen molar-refractivity contribution in [2.75, 3.05) is 5.73 Å². The molecule has 0 heterocycles. The number of nitrogens with two attached hydrogens (primary N) is 1. The molecule has 0 aliphatic heterocycles. The largest absolute Gasteiger partial charge is 0.508 e. The first-order chi connectivity index (χ1) is 5.41. The van der Waals surface area contributed by atoms with Crippen LogP contribution in [0, 0.1) is 0 Å². The molecule has 13 heavy (non-hydrogen) atoms. The minimum atomic E-state index is -0.0111. The third kappa shape index (κ3) is 2.81. The van der Waals surface area contributed by atoms with Gasteiger partial charge in [-0.15, -0.1) is 12.4 Å². The van der Waals surface area contributed by atoms with E-state index in [-0.39, 0.29) is 23.6 Å². The van der Waals surface area contributed by atoms with Gasteiger partial charge in [0.1, 0.15) is 5.75 Å². The Morgan fingerprint density at radius 3 is 2.15 bits per heavy atom. The molecule has 0 atom stereocenters. The number of aromatic hydroxyl groups is 1. The van der Waals surface area contributed by atoms with Gasteiger partial charge in [0.15, 0.2) is 0 Å². The van der Waals surface area contributed by atoms with Crippen molar-refractivity contribution in [1.29, 1.82) is 0 Å². The number of hydrogen-bond acceptors (Lipinski definition) is 2. The standard InChI is InChI=1S/C10H15NO.ClH/c1-10(2,3)8-6-7(12)4-5-9(8)11;/h4-6,12H,11H2,1-3H3;1H. The van der Waals surface area contributed by atoms with E-state index in [0.29, 0.717) is 0 Å². The van der Waals surface area contributed by atoms with Crippen LogP contribution in [0.4, 0.5) is 5.69 Å². The van der Waals surface area contributed by atoms with E-state index < -0.39 is 0 Å². The van der Waals surface area contributed by atoms with Crippen molar-refractivity contribution >= 4 is 18.1 Å². The first-order valence-electron chi connectivity index (χ1n) is 4.00. The summed E-state index contributed by atoms with van der Waals surface area (Å²) in [5.74, 6) is 0.272. The Bertz CT molecular complexity index is 291. The number of nitrogen functional groups attached to an aromatic ring is 1. The topological polar surface area (TPSA) is 46.2 Å². The number of hydrogen-bond donors (Lipinski definition) is 2. The molecule has 1 aromatic rings. The van der Waals surface area contributed by atoms with Crippen molar-refractivity contribution in [3.63, 3.8) is 0 Å². The summed E-state index contributed by atoms with van der Waals surface area (Å²) in [6.07, 6.45) is 0. The maximum atomic E-state index is 9.25. The highest BCUT2D eigenvalue weighted by Gasteiger charge is 2.16. The van der Waals surface area contributed by atoms with Crippen LogP contribution in [0.5, 0.6) is 5.75 Å². The van der Waals surface area contributed by atoms with E-state index in [1.807, 2.05) is 0 Å². The normalized spacial score (nSPS) is 10.7. The van der Waals surface area contributed by atoms with Gasteiger partial charge in [-0.3, -0.25) is 0 Å². The molecule has 0 unspecified atom stereocenters. The van der Waals surface area contributed by atoms with Crippen molar-refractivity contribution in [1.82, 2.24) is 0 Å². The second kappa shape index (κ2) is 3.88. The molecular weight excluding hydrogens is 186 g/mol. The summed E-state index contributed by atoms with van der Waals surface area (Å²) >= 11 is 0. The molecule has 0 aromatic heterocycles. The average molecular weight is 202 g/mol. The molecule has 0 bridgehead atoms. The first kappa shape index (κ1) is 12.1. The summed E-state index contributed by atoms with van der Waals surface area (Å²) in [7, 11) is 0. The minimum absolute atomic E-state index is 0. The molecule has 0 saturated carbocycles. The van der Waals surface area contributed by atoms with Gasteiger partial charge >= 0.3 is 0 Å². The third-order valence-corrected chi connectivity index (χ3v) is 1.84. The Hall–Kier alpha value is -0.890. The summed E-state index contributed by atoms with van der Waals surface area (Å²) in [4.78, 5) is 0. The number of phenolic OH excluding ortho intramolecular Hbond substituents is 1. The Balaban J connectivity index is 0.00000144. The number of phenols is 1. The zero-order chi connectivity index (χ0) is 9.35. The van der Waals surface area contributed by atoms with Gasteiger partial charge < -0.3 is 10.8 Å². The molecule has 1 rings (SSSR count). The Labute approximate surface area is 85.2 Å². The lowest BCUT2D eigenvalue weighted by molar-refractivity contribution is 0.471. The summed E-state index contributed by atoms with van der Waals surface area (Å²) < 4.78 is 0. The smallest absolute Gasteiger partial charge is 0.116 e. The SMILES string of the molecule is CC(C)(C)c1cc(O)ccc1N.Cl. The molecule has 1 aromatic carbocycles. The Morgan fingerprint density at radius 2 is 1.77 bits per heavy atom. The van der Waals surface area contributed by atoms with Crippen LogP contribution in [-0.4, -0.2) is 5.11 Å². The highest BCUT2D eigenvalue weighted by molar-refractivity contribution is 5.85. The van der Waals surface area contributed by atoms with Gasteiger partial charge in [0, 0.05) is 5.69 Å². The van der Waals surface area contributed by atoms with Crippen molar-refractivity contribution in [3.8, 4) is 5.75 Å². The van der Waals surface area contributed by atoms with Crippen molar-refractivity contribution in [2.45, 2.75) is 26.2 Å². The zero-order valence-electron chi connectivity index (χ0n) is 8.16. The van der Waals surface area contributed by atoms with Gasteiger partial charge in [0.2, 0.25) is 0 Å². The number of halogens is 1. The molecule has 0 radical (unpaired) electrons. The summed E-state index contributed by atoms with van der Waals surface area (Å²) in [5, 5.41) is 9.25. The lowest BCUT2D eigenvalue weighted by Gasteiger charge is -2.21. The van der Waals surface area contributed by atoms with Gasteiger partial charge in [0.05, 0.1) is 0 Å². The fraction of sp³-hybridized carbons (Fsp3) is 0.400.